The van der Waals surface area contributed by atoms with Gasteiger partial charge in [-0.1, -0.05) is 17.7 Å². The Hall–Kier alpha value is -1.49. The summed E-state index contributed by atoms with van der Waals surface area (Å²) < 4.78 is 0. The number of nitriles is 1. The summed E-state index contributed by atoms with van der Waals surface area (Å²) >= 11 is 0. The Balaban J connectivity index is 3.15. The molecule has 1 aromatic carbocycles. The Morgan fingerprint density at radius 2 is 1.71 bits per heavy atom. The van der Waals surface area contributed by atoms with Gasteiger partial charge in [-0.05, 0) is 31.9 Å². The number of aryl methyl sites for hydroxylation is 3. The average molecular weight is 188 g/mol. The van der Waals surface area contributed by atoms with E-state index >= 15 is 0 Å². The highest BCUT2D eigenvalue weighted by Gasteiger charge is 2.07. The maximum Gasteiger partial charge on any atom is 0.105 e. The summed E-state index contributed by atoms with van der Waals surface area (Å²) in [6.07, 6.45) is 0. The predicted molar refractivity (Wildman–Crippen MR) is 59.5 cm³/mol. The summed E-state index contributed by atoms with van der Waals surface area (Å²) in [5.74, 6) is 0. The Bertz CT molecular complexity index is 351. The van der Waals surface area contributed by atoms with Crippen molar-refractivity contribution in [2.75, 3.05) is 18.5 Å². The second-order valence-electron chi connectivity index (χ2n) is 3.76. The van der Waals surface area contributed by atoms with Crippen molar-refractivity contribution in [1.82, 2.24) is 0 Å². The van der Waals surface area contributed by atoms with Gasteiger partial charge in [0.1, 0.15) is 6.54 Å². The lowest BCUT2D eigenvalue weighted by molar-refractivity contribution is 1.01. The highest BCUT2D eigenvalue weighted by Crippen LogP contribution is 2.24. The first kappa shape index (κ1) is 10.6. The van der Waals surface area contributed by atoms with Gasteiger partial charge in [-0.2, -0.15) is 5.26 Å². The SMILES string of the molecule is Cc1cc(C)c(N(C)CC#N)c(C)c1. The lowest BCUT2D eigenvalue weighted by Gasteiger charge is -2.21. The zero-order valence-electron chi connectivity index (χ0n) is 9.26. The van der Waals surface area contributed by atoms with Crippen LogP contribution in [0.15, 0.2) is 12.1 Å². The highest BCUT2D eigenvalue weighted by atomic mass is 15.1. The van der Waals surface area contributed by atoms with Gasteiger partial charge in [0.25, 0.3) is 0 Å². The first-order valence-corrected chi connectivity index (χ1v) is 4.72. The minimum absolute atomic E-state index is 0.435. The molecule has 0 saturated carbocycles. The van der Waals surface area contributed by atoms with Gasteiger partial charge in [0.15, 0.2) is 0 Å². The molecular weight excluding hydrogens is 172 g/mol. The van der Waals surface area contributed by atoms with Crippen molar-refractivity contribution in [1.29, 1.82) is 5.26 Å². The zero-order valence-corrected chi connectivity index (χ0v) is 9.26. The lowest BCUT2D eigenvalue weighted by Crippen LogP contribution is -2.19. The van der Waals surface area contributed by atoms with Gasteiger partial charge in [-0.3, -0.25) is 0 Å². The Labute approximate surface area is 85.8 Å². The van der Waals surface area contributed by atoms with Crippen molar-refractivity contribution < 1.29 is 0 Å². The molecule has 0 radical (unpaired) electrons. The van der Waals surface area contributed by atoms with Crippen molar-refractivity contribution in [3.05, 3.63) is 28.8 Å². The fourth-order valence-corrected chi connectivity index (χ4v) is 1.96. The molecule has 0 saturated heterocycles. The second kappa shape index (κ2) is 4.15. The minimum atomic E-state index is 0.435. The van der Waals surface area contributed by atoms with E-state index in [4.69, 9.17) is 5.26 Å². The largest absolute Gasteiger partial charge is 0.361 e. The average Bonchev–Trinajstić information content (AvgIpc) is 2.01. The number of benzene rings is 1. The highest BCUT2D eigenvalue weighted by molar-refractivity contribution is 5.60. The molecule has 0 unspecified atom stereocenters. The molecule has 0 spiro atoms. The summed E-state index contributed by atoms with van der Waals surface area (Å²) in [5.41, 5.74) is 4.92. The number of hydrogen-bond donors (Lipinski definition) is 0. The van der Waals surface area contributed by atoms with Crippen LogP contribution in [0.1, 0.15) is 16.7 Å². The Morgan fingerprint density at radius 3 is 2.14 bits per heavy atom. The molecule has 0 amide bonds. The van der Waals surface area contributed by atoms with Crippen LogP contribution in [0.3, 0.4) is 0 Å². The Morgan fingerprint density at radius 1 is 1.21 bits per heavy atom. The van der Waals surface area contributed by atoms with Crippen LogP contribution in [0.5, 0.6) is 0 Å². The quantitative estimate of drug-likeness (QED) is 0.667. The fourth-order valence-electron chi connectivity index (χ4n) is 1.96. The van der Waals surface area contributed by atoms with Crippen LogP contribution in [0, 0.1) is 32.1 Å². The summed E-state index contributed by atoms with van der Waals surface area (Å²) in [4.78, 5) is 1.99. The van der Waals surface area contributed by atoms with Gasteiger partial charge < -0.3 is 4.90 Å². The van der Waals surface area contributed by atoms with Gasteiger partial charge in [-0.15, -0.1) is 0 Å². The first-order chi connectivity index (χ1) is 6.56. The van der Waals surface area contributed by atoms with E-state index in [1.54, 1.807) is 0 Å². The smallest absolute Gasteiger partial charge is 0.105 e. The van der Waals surface area contributed by atoms with Crippen LogP contribution in [-0.4, -0.2) is 13.6 Å². The number of rotatable bonds is 2. The molecule has 0 aliphatic heterocycles. The zero-order chi connectivity index (χ0) is 10.7. The van der Waals surface area contributed by atoms with Crippen LogP contribution >= 0.6 is 0 Å². The van der Waals surface area contributed by atoms with E-state index in [2.05, 4.69) is 39.0 Å². The molecule has 0 atom stereocenters. The lowest BCUT2D eigenvalue weighted by atomic mass is 10.0. The molecule has 0 heterocycles. The van der Waals surface area contributed by atoms with E-state index in [9.17, 15) is 0 Å². The molecule has 0 aromatic heterocycles. The van der Waals surface area contributed by atoms with Crippen LogP contribution < -0.4 is 4.90 Å². The molecule has 0 N–H and O–H groups in total. The van der Waals surface area contributed by atoms with E-state index in [0.717, 1.165) is 0 Å². The van der Waals surface area contributed by atoms with Gasteiger partial charge in [0.05, 0.1) is 6.07 Å². The van der Waals surface area contributed by atoms with Crippen LogP contribution in [0.25, 0.3) is 0 Å². The third kappa shape index (κ3) is 2.05. The summed E-state index contributed by atoms with van der Waals surface area (Å²) in [6.45, 7) is 6.70. The first-order valence-electron chi connectivity index (χ1n) is 4.72. The van der Waals surface area contributed by atoms with E-state index in [1.807, 2.05) is 11.9 Å². The second-order valence-corrected chi connectivity index (χ2v) is 3.76. The van der Waals surface area contributed by atoms with Crippen molar-refractivity contribution in [3.63, 3.8) is 0 Å². The molecule has 1 aromatic rings. The standard InChI is InChI=1S/C12H16N2/c1-9-7-10(2)12(11(3)8-9)14(4)6-5-13/h7-8H,6H2,1-4H3. The molecular formula is C12H16N2. The summed E-state index contributed by atoms with van der Waals surface area (Å²) in [6, 6.07) is 6.46. The Kier molecular flexibility index (Phi) is 3.14. The molecule has 74 valence electrons. The van der Waals surface area contributed by atoms with E-state index in [-0.39, 0.29) is 0 Å². The maximum absolute atomic E-state index is 8.64. The van der Waals surface area contributed by atoms with Gasteiger partial charge in [-0.25, -0.2) is 0 Å². The van der Waals surface area contributed by atoms with Crippen molar-refractivity contribution in [3.8, 4) is 6.07 Å². The van der Waals surface area contributed by atoms with Crippen LogP contribution in [-0.2, 0) is 0 Å². The third-order valence-corrected chi connectivity index (χ3v) is 2.33. The number of anilines is 1. The summed E-state index contributed by atoms with van der Waals surface area (Å²) in [7, 11) is 1.95. The van der Waals surface area contributed by atoms with Crippen LogP contribution in [0.2, 0.25) is 0 Å². The van der Waals surface area contributed by atoms with Gasteiger partial charge in [0, 0.05) is 12.7 Å². The van der Waals surface area contributed by atoms with Crippen molar-refractivity contribution in [2.24, 2.45) is 0 Å². The number of hydrogen-bond acceptors (Lipinski definition) is 2. The molecule has 0 aliphatic rings. The molecule has 0 fully saturated rings. The third-order valence-electron chi connectivity index (χ3n) is 2.33. The maximum atomic E-state index is 8.64. The molecule has 0 bridgehead atoms. The fraction of sp³-hybridized carbons (Fsp3) is 0.417. The van der Waals surface area contributed by atoms with E-state index < -0.39 is 0 Å². The molecule has 0 aliphatic carbocycles. The normalized spacial score (nSPS) is 9.64. The molecule has 14 heavy (non-hydrogen) atoms. The summed E-state index contributed by atoms with van der Waals surface area (Å²) in [5, 5.41) is 8.64. The van der Waals surface area contributed by atoms with Crippen molar-refractivity contribution in [2.45, 2.75) is 20.8 Å². The molecule has 1 rings (SSSR count). The monoisotopic (exact) mass is 188 g/mol. The molecule has 2 heteroatoms. The van der Waals surface area contributed by atoms with Gasteiger partial charge in [0.2, 0.25) is 0 Å². The number of nitrogens with zero attached hydrogens (tertiary/aromatic N) is 2. The van der Waals surface area contributed by atoms with E-state index in [1.165, 1.54) is 22.4 Å². The molecule has 2 nitrogen and oxygen atoms in total. The van der Waals surface area contributed by atoms with Crippen molar-refractivity contribution >= 4 is 5.69 Å². The van der Waals surface area contributed by atoms with Gasteiger partial charge >= 0.3 is 0 Å². The minimum Gasteiger partial charge on any atom is -0.361 e. The van der Waals surface area contributed by atoms with Crippen LogP contribution in [0.4, 0.5) is 5.69 Å². The topological polar surface area (TPSA) is 27.0 Å². The predicted octanol–water partition coefficient (Wildman–Crippen LogP) is 2.57. The van der Waals surface area contributed by atoms with E-state index in [0.29, 0.717) is 6.54 Å².